The minimum Gasteiger partial charge on any atom is -0.481 e. The van der Waals surface area contributed by atoms with Crippen molar-refractivity contribution < 1.29 is 38.7 Å². The molecular formula is C18H26O8. The number of aliphatic carboxylic acids is 1. The van der Waals surface area contributed by atoms with E-state index >= 15 is 0 Å². The quantitative estimate of drug-likeness (QED) is 0.594. The molecule has 0 aromatic heterocycles. The fraction of sp³-hybridized carbons (Fsp3) is 0.889. The van der Waals surface area contributed by atoms with Gasteiger partial charge >= 0.3 is 11.9 Å². The summed E-state index contributed by atoms with van der Waals surface area (Å²) >= 11 is 0. The summed E-state index contributed by atoms with van der Waals surface area (Å²) in [5.41, 5.74) is -0.673. The molecule has 1 saturated carbocycles. The molecule has 146 valence electrons. The van der Waals surface area contributed by atoms with Crippen LogP contribution >= 0.6 is 0 Å². The summed E-state index contributed by atoms with van der Waals surface area (Å²) in [4.78, 5) is 34.1. The van der Waals surface area contributed by atoms with Gasteiger partial charge in [-0.2, -0.15) is 0 Å². The number of esters is 1. The molecule has 8 heteroatoms. The lowest BCUT2D eigenvalue weighted by atomic mass is 9.58. The van der Waals surface area contributed by atoms with E-state index in [9.17, 15) is 9.59 Å². The highest BCUT2D eigenvalue weighted by Crippen LogP contribution is 2.58. The van der Waals surface area contributed by atoms with Crippen molar-refractivity contribution in [3.05, 3.63) is 0 Å². The number of hydrogen-bond acceptors (Lipinski definition) is 7. The summed E-state index contributed by atoms with van der Waals surface area (Å²) in [6, 6.07) is 0. The number of carbonyl (C=O) groups excluding carboxylic acids is 1. The zero-order chi connectivity index (χ0) is 18.5. The van der Waals surface area contributed by atoms with Crippen molar-refractivity contribution in [2.24, 2.45) is 23.7 Å². The number of fused-ring (bicyclic) bond motifs is 2. The molecule has 26 heavy (non-hydrogen) atoms. The standard InChI is InChI=1S/C18H26O8/c1-9-3-4-12-10(2)16(22-14(21)7-6-13(19)20)24-17-18(12)11(9)5-8-15(23-17)25-26-18/h9-12,15-17H,3-8H2,1-2H3,(H,19,20). The van der Waals surface area contributed by atoms with Crippen molar-refractivity contribution in [3.8, 4) is 0 Å². The Labute approximate surface area is 152 Å². The largest absolute Gasteiger partial charge is 0.481 e. The second kappa shape index (κ2) is 6.74. The van der Waals surface area contributed by atoms with E-state index in [0.717, 1.165) is 25.7 Å². The highest BCUT2D eigenvalue weighted by Gasteiger charge is 2.68. The molecule has 0 radical (unpaired) electrons. The highest BCUT2D eigenvalue weighted by atomic mass is 17.2. The summed E-state index contributed by atoms with van der Waals surface area (Å²) in [6.07, 6.45) is 1.38. The number of carboxylic acids is 1. The maximum absolute atomic E-state index is 12.0. The van der Waals surface area contributed by atoms with E-state index in [0.29, 0.717) is 5.92 Å². The van der Waals surface area contributed by atoms with Gasteiger partial charge in [-0.3, -0.25) is 9.59 Å². The Kier molecular flexibility index (Phi) is 4.71. The first-order valence-corrected chi connectivity index (χ1v) is 9.48. The maximum atomic E-state index is 12.0. The van der Waals surface area contributed by atoms with Gasteiger partial charge in [0, 0.05) is 18.3 Å². The Hall–Kier alpha value is -1.22. The normalized spacial score (nSPS) is 46.9. The topological polar surface area (TPSA) is 101 Å². The van der Waals surface area contributed by atoms with Gasteiger partial charge < -0.3 is 19.3 Å². The molecule has 4 aliphatic heterocycles. The monoisotopic (exact) mass is 370 g/mol. The Morgan fingerprint density at radius 1 is 1.08 bits per heavy atom. The van der Waals surface area contributed by atoms with Crippen LogP contribution in [0.1, 0.15) is 52.4 Å². The molecule has 4 saturated heterocycles. The first-order chi connectivity index (χ1) is 12.4. The van der Waals surface area contributed by atoms with Crippen molar-refractivity contribution in [1.29, 1.82) is 0 Å². The van der Waals surface area contributed by atoms with Gasteiger partial charge in [0.2, 0.25) is 6.29 Å². The fourth-order valence-electron chi connectivity index (χ4n) is 5.23. The molecule has 4 heterocycles. The average Bonchev–Trinajstić information content (AvgIpc) is 2.88. The Balaban J connectivity index is 1.55. The fourth-order valence-corrected chi connectivity index (χ4v) is 5.23. The van der Waals surface area contributed by atoms with Crippen LogP contribution in [0, 0.1) is 23.7 Å². The summed E-state index contributed by atoms with van der Waals surface area (Å²) < 4.78 is 17.5. The van der Waals surface area contributed by atoms with Crippen LogP contribution in [-0.4, -0.2) is 41.5 Å². The van der Waals surface area contributed by atoms with Crippen LogP contribution in [0.3, 0.4) is 0 Å². The molecule has 0 aromatic rings. The molecule has 5 fully saturated rings. The molecular weight excluding hydrogens is 344 g/mol. The lowest BCUT2D eigenvalue weighted by Crippen LogP contribution is -2.69. The molecule has 5 rings (SSSR count). The Morgan fingerprint density at radius 2 is 1.85 bits per heavy atom. The van der Waals surface area contributed by atoms with E-state index in [2.05, 4.69) is 6.92 Å². The predicted octanol–water partition coefficient (Wildman–Crippen LogP) is 2.21. The molecule has 1 N–H and O–H groups in total. The minimum absolute atomic E-state index is 0.0822. The van der Waals surface area contributed by atoms with E-state index in [1.165, 1.54) is 0 Å². The van der Waals surface area contributed by atoms with Crippen molar-refractivity contribution in [3.63, 3.8) is 0 Å². The zero-order valence-electron chi connectivity index (χ0n) is 15.1. The van der Waals surface area contributed by atoms with Crippen LogP contribution in [0.4, 0.5) is 0 Å². The van der Waals surface area contributed by atoms with Crippen LogP contribution in [0.25, 0.3) is 0 Å². The average molecular weight is 370 g/mol. The van der Waals surface area contributed by atoms with Crippen molar-refractivity contribution in [2.45, 2.75) is 76.8 Å². The highest BCUT2D eigenvalue weighted by molar-refractivity contribution is 5.76. The van der Waals surface area contributed by atoms with Gasteiger partial charge in [-0.1, -0.05) is 13.8 Å². The van der Waals surface area contributed by atoms with Crippen molar-refractivity contribution in [2.75, 3.05) is 0 Å². The number of carboxylic acid groups (broad SMARTS) is 1. The smallest absolute Gasteiger partial charge is 0.308 e. The third kappa shape index (κ3) is 2.83. The van der Waals surface area contributed by atoms with Gasteiger partial charge in [-0.05, 0) is 31.1 Å². The summed E-state index contributed by atoms with van der Waals surface area (Å²) in [7, 11) is 0. The molecule has 0 aromatic carbocycles. The third-order valence-electron chi connectivity index (χ3n) is 6.55. The number of rotatable bonds is 4. The van der Waals surface area contributed by atoms with Crippen LogP contribution in [0.2, 0.25) is 0 Å². The van der Waals surface area contributed by atoms with Crippen LogP contribution in [0.15, 0.2) is 0 Å². The zero-order valence-corrected chi connectivity index (χ0v) is 15.1. The molecule has 2 bridgehead atoms. The Morgan fingerprint density at radius 3 is 2.62 bits per heavy atom. The minimum atomic E-state index is -1.03. The van der Waals surface area contributed by atoms with Crippen molar-refractivity contribution >= 4 is 11.9 Å². The molecule has 8 atom stereocenters. The van der Waals surface area contributed by atoms with Crippen molar-refractivity contribution in [1.82, 2.24) is 0 Å². The first-order valence-electron chi connectivity index (χ1n) is 9.48. The first kappa shape index (κ1) is 18.2. The lowest BCUT2D eigenvalue weighted by Gasteiger charge is -2.59. The maximum Gasteiger partial charge on any atom is 0.308 e. The third-order valence-corrected chi connectivity index (χ3v) is 6.55. The van der Waals surface area contributed by atoms with Gasteiger partial charge in [0.25, 0.3) is 0 Å². The summed E-state index contributed by atoms with van der Waals surface area (Å²) in [5, 5.41) is 8.73. The second-order valence-corrected chi connectivity index (χ2v) is 8.02. The van der Waals surface area contributed by atoms with E-state index in [1.54, 1.807) is 0 Å². The van der Waals surface area contributed by atoms with E-state index in [4.69, 9.17) is 29.1 Å². The Bertz CT molecular complexity index is 580. The lowest BCUT2D eigenvalue weighted by molar-refractivity contribution is -0.550. The van der Waals surface area contributed by atoms with Gasteiger partial charge in [-0.15, -0.1) is 0 Å². The molecule has 1 spiro atoms. The molecule has 1 aliphatic carbocycles. The molecule has 8 unspecified atom stereocenters. The van der Waals surface area contributed by atoms with E-state index in [1.807, 2.05) is 6.92 Å². The van der Waals surface area contributed by atoms with E-state index in [-0.39, 0.29) is 30.6 Å². The summed E-state index contributed by atoms with van der Waals surface area (Å²) in [6.45, 7) is 4.22. The number of carbonyl (C=O) groups is 2. The van der Waals surface area contributed by atoms with Crippen LogP contribution in [0.5, 0.6) is 0 Å². The summed E-state index contributed by atoms with van der Waals surface area (Å²) in [5.74, 6) is -0.877. The number of ether oxygens (including phenoxy) is 3. The molecule has 5 aliphatic rings. The van der Waals surface area contributed by atoms with Crippen LogP contribution in [-0.2, 0) is 33.6 Å². The van der Waals surface area contributed by atoms with Crippen LogP contribution < -0.4 is 0 Å². The predicted molar refractivity (Wildman–Crippen MR) is 85.2 cm³/mol. The number of hydrogen-bond donors (Lipinski definition) is 1. The van der Waals surface area contributed by atoms with Gasteiger partial charge in [0.05, 0.1) is 12.8 Å². The second-order valence-electron chi connectivity index (χ2n) is 8.02. The molecule has 0 amide bonds. The van der Waals surface area contributed by atoms with Gasteiger partial charge in [-0.25, -0.2) is 9.78 Å². The van der Waals surface area contributed by atoms with E-state index < -0.39 is 36.4 Å². The SMILES string of the molecule is CC1CCC2C(C)C(OC(=O)CCC(=O)O)OC3OC4CCC1C32OO4. The van der Waals surface area contributed by atoms with Gasteiger partial charge in [0.1, 0.15) is 0 Å². The van der Waals surface area contributed by atoms with Gasteiger partial charge in [0.15, 0.2) is 18.2 Å². The molecule has 8 nitrogen and oxygen atoms in total.